The van der Waals surface area contributed by atoms with Crippen molar-refractivity contribution in [1.82, 2.24) is 19.8 Å². The molecule has 0 saturated carbocycles. The summed E-state index contributed by atoms with van der Waals surface area (Å²) in [7, 11) is 1.38. The average molecular weight is 552 g/mol. The van der Waals surface area contributed by atoms with E-state index in [0.717, 1.165) is 44.8 Å². The minimum atomic E-state index is -3.67. The summed E-state index contributed by atoms with van der Waals surface area (Å²) in [6.07, 6.45) is 1.05. The van der Waals surface area contributed by atoms with Crippen LogP contribution < -0.4 is 20.5 Å². The van der Waals surface area contributed by atoms with Gasteiger partial charge in [0.15, 0.2) is 11.6 Å². The molecule has 8 nitrogen and oxygen atoms in total. The van der Waals surface area contributed by atoms with E-state index in [2.05, 4.69) is 22.0 Å². The van der Waals surface area contributed by atoms with Crippen molar-refractivity contribution in [1.29, 1.82) is 0 Å². The van der Waals surface area contributed by atoms with Crippen LogP contribution in [0.4, 0.5) is 23.2 Å². The molecule has 4 rings (SSSR count). The topological polar surface area (TPSA) is 79.7 Å². The third kappa shape index (κ3) is 7.69. The number of halogens is 4. The Hall–Kier alpha value is -3.67. The summed E-state index contributed by atoms with van der Waals surface area (Å²) in [6, 6.07) is 9.99. The molecule has 2 aromatic carbocycles. The molecule has 1 amide bonds. The summed E-state index contributed by atoms with van der Waals surface area (Å²) in [5, 5.41) is 3.18. The second kappa shape index (κ2) is 13.9. The van der Waals surface area contributed by atoms with Crippen molar-refractivity contribution in [2.24, 2.45) is 0 Å². The van der Waals surface area contributed by atoms with Gasteiger partial charge in [0.25, 0.3) is 5.56 Å². The molecule has 3 aromatic rings. The Morgan fingerprint density at radius 3 is 2.49 bits per heavy atom. The first-order valence-electron chi connectivity index (χ1n) is 12.7. The number of nitrogens with zero attached hydrogens (tertiary/aromatic N) is 4. The molecule has 1 N–H and O–H groups in total. The summed E-state index contributed by atoms with van der Waals surface area (Å²) in [4.78, 5) is 35.6. The van der Waals surface area contributed by atoms with E-state index in [-0.39, 0.29) is 29.6 Å². The second-order valence-corrected chi connectivity index (χ2v) is 8.85. The molecule has 1 saturated heterocycles. The monoisotopic (exact) mass is 551 g/mol. The van der Waals surface area contributed by atoms with Crippen molar-refractivity contribution < 1.29 is 27.1 Å². The van der Waals surface area contributed by atoms with Gasteiger partial charge in [-0.3, -0.25) is 14.2 Å². The van der Waals surface area contributed by atoms with E-state index >= 15 is 0 Å². The number of ether oxygens (including phenoxy) is 1. The largest absolute Gasteiger partial charge is 0.494 e. The second-order valence-electron chi connectivity index (χ2n) is 8.85. The molecule has 0 aliphatic carbocycles. The first-order valence-corrected chi connectivity index (χ1v) is 12.7. The van der Waals surface area contributed by atoms with E-state index < -0.39 is 12.5 Å². The van der Waals surface area contributed by atoms with Crippen LogP contribution in [0.15, 0.2) is 41.2 Å². The molecule has 1 aliphatic heterocycles. The lowest BCUT2D eigenvalue weighted by Crippen LogP contribution is -2.34. The van der Waals surface area contributed by atoms with Gasteiger partial charge in [0.1, 0.15) is 12.4 Å². The Bertz CT molecular complexity index is 1330. The van der Waals surface area contributed by atoms with Gasteiger partial charge in [-0.2, -0.15) is 13.2 Å². The number of hydrogen-bond donors (Lipinski definition) is 1. The van der Waals surface area contributed by atoms with Crippen LogP contribution in [-0.2, 0) is 11.3 Å². The van der Waals surface area contributed by atoms with Crippen molar-refractivity contribution in [2.45, 2.75) is 33.5 Å². The number of methoxy groups -OCH3 is 1. The quantitative estimate of drug-likeness (QED) is 0.447. The molecule has 1 aliphatic rings. The molecule has 0 spiro atoms. The lowest BCUT2D eigenvalue weighted by molar-refractivity contribution is -0.121. The van der Waals surface area contributed by atoms with Gasteiger partial charge in [0, 0.05) is 37.4 Å². The third-order valence-corrected chi connectivity index (χ3v) is 6.42. The van der Waals surface area contributed by atoms with Gasteiger partial charge in [-0.25, -0.2) is 9.37 Å². The van der Waals surface area contributed by atoms with Crippen LogP contribution in [0.25, 0.3) is 22.3 Å². The number of likely N-dealkylation sites (N-methyl/N-ethyl adjacent to an activating group) is 2. The Kier molecular flexibility index (Phi) is 10.7. The van der Waals surface area contributed by atoms with Crippen molar-refractivity contribution in [2.75, 3.05) is 51.3 Å². The van der Waals surface area contributed by atoms with Crippen molar-refractivity contribution in [3.63, 3.8) is 0 Å². The van der Waals surface area contributed by atoms with E-state index in [9.17, 15) is 27.2 Å². The molecule has 2 heterocycles. The van der Waals surface area contributed by atoms with E-state index in [1.807, 2.05) is 25.1 Å². The Labute approximate surface area is 224 Å². The van der Waals surface area contributed by atoms with Crippen molar-refractivity contribution >= 4 is 22.5 Å². The predicted molar refractivity (Wildman–Crippen MR) is 143 cm³/mol. The molecular formula is C27H33F4N5O3. The fraction of sp³-hybridized carbons (Fsp3) is 0.444. The van der Waals surface area contributed by atoms with Gasteiger partial charge >= 0.3 is 6.68 Å². The lowest BCUT2D eigenvalue weighted by Gasteiger charge is -2.23. The Morgan fingerprint density at radius 2 is 1.82 bits per heavy atom. The van der Waals surface area contributed by atoms with Crippen LogP contribution >= 0.6 is 0 Å². The maximum Gasteiger partial charge on any atom is 0.379 e. The van der Waals surface area contributed by atoms with E-state index in [1.165, 1.54) is 29.9 Å². The van der Waals surface area contributed by atoms with Crippen LogP contribution in [0.5, 0.6) is 5.75 Å². The van der Waals surface area contributed by atoms with Gasteiger partial charge in [0.2, 0.25) is 5.91 Å². The number of alkyl halides is 3. The normalized spacial score (nSPS) is 14.1. The van der Waals surface area contributed by atoms with Crippen LogP contribution in [0.1, 0.15) is 20.3 Å². The van der Waals surface area contributed by atoms with Gasteiger partial charge < -0.3 is 19.9 Å². The highest BCUT2D eigenvalue weighted by molar-refractivity contribution is 5.84. The summed E-state index contributed by atoms with van der Waals surface area (Å²) < 4.78 is 49.5. The molecule has 1 aromatic heterocycles. The fourth-order valence-electron chi connectivity index (χ4n) is 4.51. The standard InChI is InChI=1S/C26H32FN5O3.CHF3/c1-4-28-24(33)17-32-25(18-7-9-21(27)23(15-18)35-3)29-22-10-8-19(16-20(22)26(32)34)31-12-6-11-30(5-2)13-14-31;2-1(3)4/h7-10,15-16H,4-6,11-14,17H2,1-3H3,(H,28,33);1H. The number of carbonyl (C=O) groups excluding carboxylic acids is 1. The third-order valence-electron chi connectivity index (χ3n) is 6.42. The molecule has 0 unspecified atom stereocenters. The molecule has 212 valence electrons. The number of benzene rings is 2. The highest BCUT2D eigenvalue weighted by Crippen LogP contribution is 2.27. The molecule has 0 atom stereocenters. The van der Waals surface area contributed by atoms with Gasteiger partial charge in [-0.05, 0) is 62.8 Å². The molecule has 12 heteroatoms. The molecule has 0 radical (unpaired) electrons. The van der Waals surface area contributed by atoms with Crippen LogP contribution in [-0.4, -0.2) is 73.4 Å². The Morgan fingerprint density at radius 1 is 1.08 bits per heavy atom. The number of aromatic nitrogens is 2. The summed E-state index contributed by atoms with van der Waals surface area (Å²) in [6.45, 7) is 5.43. The fourth-order valence-corrected chi connectivity index (χ4v) is 4.51. The highest BCUT2D eigenvalue weighted by atomic mass is 19.4. The van der Waals surface area contributed by atoms with Crippen molar-refractivity contribution in [3.8, 4) is 17.1 Å². The number of hydrogen-bond acceptors (Lipinski definition) is 6. The summed E-state index contributed by atoms with van der Waals surface area (Å²) >= 11 is 0. The number of rotatable bonds is 7. The minimum absolute atomic E-state index is 0.0408. The number of carbonyl (C=O) groups is 1. The van der Waals surface area contributed by atoms with E-state index in [4.69, 9.17) is 9.72 Å². The first kappa shape index (κ1) is 29.9. The number of fused-ring (bicyclic) bond motifs is 1. The first-order chi connectivity index (χ1) is 18.7. The number of anilines is 1. The van der Waals surface area contributed by atoms with Crippen LogP contribution in [0.3, 0.4) is 0 Å². The smallest absolute Gasteiger partial charge is 0.379 e. The van der Waals surface area contributed by atoms with Crippen LogP contribution in [0, 0.1) is 5.82 Å². The molecule has 39 heavy (non-hydrogen) atoms. The zero-order valence-corrected chi connectivity index (χ0v) is 22.2. The summed E-state index contributed by atoms with van der Waals surface area (Å²) in [5.74, 6) is -0.486. The SMILES string of the molecule is CCNC(=O)Cn1c(-c2ccc(F)c(OC)c2)nc2ccc(N3CCCN(CC)CC3)cc2c1=O.FC(F)F. The van der Waals surface area contributed by atoms with E-state index in [1.54, 1.807) is 0 Å². The van der Waals surface area contributed by atoms with Gasteiger partial charge in [-0.1, -0.05) is 6.92 Å². The number of nitrogens with one attached hydrogen (secondary N) is 1. The van der Waals surface area contributed by atoms with E-state index in [0.29, 0.717) is 23.0 Å². The molecular weight excluding hydrogens is 518 g/mol. The minimum Gasteiger partial charge on any atom is -0.494 e. The maximum atomic E-state index is 14.0. The highest BCUT2D eigenvalue weighted by Gasteiger charge is 2.19. The summed E-state index contributed by atoms with van der Waals surface area (Å²) in [5.41, 5.74) is 1.67. The molecule has 0 bridgehead atoms. The van der Waals surface area contributed by atoms with Gasteiger partial charge in [-0.15, -0.1) is 0 Å². The average Bonchev–Trinajstić information content (AvgIpc) is 3.16. The lowest BCUT2D eigenvalue weighted by atomic mass is 10.1. The zero-order valence-electron chi connectivity index (χ0n) is 22.2. The predicted octanol–water partition coefficient (Wildman–Crippen LogP) is 4.06. The molecule has 1 fully saturated rings. The maximum absolute atomic E-state index is 14.0. The zero-order chi connectivity index (χ0) is 28.5. The Balaban J connectivity index is 0.000000983. The van der Waals surface area contributed by atoms with Gasteiger partial charge in [0.05, 0.1) is 18.0 Å². The van der Waals surface area contributed by atoms with Crippen LogP contribution in [0.2, 0.25) is 0 Å². The van der Waals surface area contributed by atoms with Crippen molar-refractivity contribution in [3.05, 3.63) is 52.6 Å². The number of amides is 1.